The van der Waals surface area contributed by atoms with Crippen LogP contribution in [0.3, 0.4) is 0 Å². The quantitative estimate of drug-likeness (QED) is 0.113. The standard InChI is InChI=1S/C33H24N2O11/c1-12-19(37)10-17-23(26(12)38)30(42)25-24(27(17)39)29(41)22-16(31(25)46-2)8-7-13-9-14(21(33(44)45)28(40)20(13)22)11-34-35-32(43)15-5-3-4-6-18(15)36/h3-6,9-11,34,36-38,44-45H,7-8H2,1-2H3,(H,35,43)/b14-11+. The molecule has 2 aromatic rings. The number of amides is 1. The van der Waals surface area contributed by atoms with E-state index in [2.05, 4.69) is 10.9 Å². The highest BCUT2D eigenvalue weighted by atomic mass is 16.5. The molecular weight excluding hydrogens is 600 g/mol. The van der Waals surface area contributed by atoms with Gasteiger partial charge in [0.15, 0.2) is 11.6 Å². The number of fused-ring (bicyclic) bond motifs is 3. The summed E-state index contributed by atoms with van der Waals surface area (Å²) < 4.78 is 5.55. The van der Waals surface area contributed by atoms with Gasteiger partial charge in [0.25, 0.3) is 11.9 Å². The molecule has 232 valence electrons. The fourth-order valence-electron chi connectivity index (χ4n) is 6.06. The van der Waals surface area contributed by atoms with Crippen molar-refractivity contribution in [1.82, 2.24) is 10.9 Å². The number of aliphatic hydroxyl groups excluding tert-OH is 1. The number of aliphatic hydroxyl groups is 2. The van der Waals surface area contributed by atoms with E-state index in [0.717, 1.165) is 12.3 Å². The minimum Gasteiger partial charge on any atom is -0.508 e. The van der Waals surface area contributed by atoms with Gasteiger partial charge in [-0.25, -0.2) is 0 Å². The number of allylic oxidation sites excluding steroid dienone is 9. The average molecular weight is 625 g/mol. The number of phenolic OH excluding ortho intramolecular Hbond substituents is 3. The molecular formula is C33H24N2O11. The molecule has 0 saturated heterocycles. The molecule has 0 bridgehead atoms. The van der Waals surface area contributed by atoms with Gasteiger partial charge in [0.2, 0.25) is 11.6 Å². The molecule has 0 aliphatic heterocycles. The summed E-state index contributed by atoms with van der Waals surface area (Å²) in [6.07, 6.45) is 2.71. The first-order chi connectivity index (χ1) is 21.9. The molecule has 0 radical (unpaired) electrons. The Labute approximate surface area is 259 Å². The fraction of sp³-hybridized carbons (Fsp3) is 0.121. The normalized spacial score (nSPS) is 18.2. The number of ether oxygens (including phenoxy) is 1. The molecule has 0 saturated carbocycles. The van der Waals surface area contributed by atoms with Gasteiger partial charge in [-0.2, -0.15) is 0 Å². The molecule has 4 aliphatic rings. The second-order valence-electron chi connectivity index (χ2n) is 10.7. The minimum atomic E-state index is -1.39. The Kier molecular flexibility index (Phi) is 6.88. The number of hydrogen-bond donors (Lipinski definition) is 7. The molecule has 0 heterocycles. The van der Waals surface area contributed by atoms with Crippen molar-refractivity contribution in [3.05, 3.63) is 121 Å². The highest BCUT2D eigenvalue weighted by molar-refractivity contribution is 6.43. The number of phenols is 3. The number of benzene rings is 2. The predicted molar refractivity (Wildman–Crippen MR) is 158 cm³/mol. The molecule has 0 spiro atoms. The number of carbonyl (C=O) groups excluding carboxylic acids is 5. The molecule has 13 nitrogen and oxygen atoms in total. The van der Waals surface area contributed by atoms with Crippen molar-refractivity contribution in [3.8, 4) is 17.2 Å². The maximum atomic E-state index is 14.1. The number of hydrazine groups is 1. The van der Waals surface area contributed by atoms with Crippen molar-refractivity contribution in [2.45, 2.75) is 19.8 Å². The van der Waals surface area contributed by atoms with Crippen molar-refractivity contribution >= 4 is 29.0 Å². The van der Waals surface area contributed by atoms with E-state index in [-0.39, 0.29) is 63.3 Å². The first-order valence-corrected chi connectivity index (χ1v) is 13.8. The van der Waals surface area contributed by atoms with Crippen molar-refractivity contribution in [2.24, 2.45) is 0 Å². The van der Waals surface area contributed by atoms with Crippen molar-refractivity contribution in [1.29, 1.82) is 0 Å². The second kappa shape index (κ2) is 10.7. The smallest absolute Gasteiger partial charge is 0.286 e. The van der Waals surface area contributed by atoms with Gasteiger partial charge in [0.1, 0.15) is 28.6 Å². The first kappa shape index (κ1) is 29.7. The summed E-state index contributed by atoms with van der Waals surface area (Å²) in [4.78, 5) is 67.9. The number of aromatic hydroxyl groups is 3. The van der Waals surface area contributed by atoms with Crippen LogP contribution in [0, 0.1) is 6.92 Å². The monoisotopic (exact) mass is 624 g/mol. The van der Waals surface area contributed by atoms with Crippen LogP contribution in [0.15, 0.2) is 98.9 Å². The van der Waals surface area contributed by atoms with Crippen LogP contribution in [0.25, 0.3) is 0 Å². The Balaban J connectivity index is 1.46. The molecule has 4 aliphatic carbocycles. The molecule has 6 rings (SSSR count). The van der Waals surface area contributed by atoms with E-state index in [1.54, 1.807) is 0 Å². The van der Waals surface area contributed by atoms with Gasteiger partial charge in [-0.05, 0) is 49.6 Å². The summed E-state index contributed by atoms with van der Waals surface area (Å²) in [5, 5.41) is 51.1. The lowest BCUT2D eigenvalue weighted by molar-refractivity contribution is -0.114. The number of Topliss-reactive ketones (excluding diaryl/α,β-unsaturated/α-hetero) is 4. The van der Waals surface area contributed by atoms with Crippen LogP contribution in [-0.4, -0.2) is 61.7 Å². The first-order valence-electron chi connectivity index (χ1n) is 13.8. The van der Waals surface area contributed by atoms with Gasteiger partial charge in [-0.15, -0.1) is 0 Å². The van der Waals surface area contributed by atoms with Crippen LogP contribution in [0.1, 0.15) is 49.5 Å². The van der Waals surface area contributed by atoms with E-state index < -0.39 is 68.8 Å². The summed E-state index contributed by atoms with van der Waals surface area (Å²) >= 11 is 0. The second-order valence-corrected chi connectivity index (χ2v) is 10.7. The molecule has 0 unspecified atom stereocenters. The molecule has 46 heavy (non-hydrogen) atoms. The Morgan fingerprint density at radius 2 is 1.59 bits per heavy atom. The number of rotatable bonds is 4. The highest BCUT2D eigenvalue weighted by Gasteiger charge is 2.49. The Morgan fingerprint density at radius 1 is 0.870 bits per heavy atom. The van der Waals surface area contributed by atoms with Crippen molar-refractivity contribution < 1.29 is 54.2 Å². The van der Waals surface area contributed by atoms with Gasteiger partial charge in [0, 0.05) is 39.6 Å². The molecule has 7 N–H and O–H groups in total. The number of para-hydroxylation sites is 1. The SMILES string of the molecule is COC1=C2CCC3=C/C(=C\NNC(=O)c4ccccc4O)C(=C(O)O)C(=O)C3=C2C(=O)C2=C1C(=O)c1c(cc(O)c(C)c1O)C2=O. The highest BCUT2D eigenvalue weighted by Crippen LogP contribution is 2.50. The van der Waals surface area contributed by atoms with E-state index in [0.29, 0.717) is 5.57 Å². The lowest BCUT2D eigenvalue weighted by Crippen LogP contribution is -2.36. The third-order valence-electron chi connectivity index (χ3n) is 8.24. The Hall–Kier alpha value is -6.37. The van der Waals surface area contributed by atoms with Crippen molar-refractivity contribution in [3.63, 3.8) is 0 Å². The van der Waals surface area contributed by atoms with Crippen LogP contribution >= 0.6 is 0 Å². The molecule has 0 atom stereocenters. The Morgan fingerprint density at radius 3 is 2.26 bits per heavy atom. The van der Waals surface area contributed by atoms with Crippen LogP contribution < -0.4 is 10.9 Å². The zero-order valence-electron chi connectivity index (χ0n) is 24.1. The van der Waals surface area contributed by atoms with Gasteiger partial charge in [-0.1, -0.05) is 12.1 Å². The van der Waals surface area contributed by atoms with E-state index >= 15 is 0 Å². The molecule has 1 amide bonds. The number of carbonyl (C=O) groups is 5. The summed E-state index contributed by atoms with van der Waals surface area (Å²) in [6, 6.07) is 6.73. The molecule has 0 fully saturated rings. The fourth-order valence-corrected chi connectivity index (χ4v) is 6.06. The van der Waals surface area contributed by atoms with Gasteiger partial charge in [-0.3, -0.25) is 29.4 Å². The number of nitrogens with one attached hydrogen (secondary N) is 2. The van der Waals surface area contributed by atoms with E-state index in [9.17, 15) is 49.5 Å². The maximum Gasteiger partial charge on any atom is 0.286 e. The number of ketones is 4. The van der Waals surface area contributed by atoms with E-state index in [1.807, 2.05) is 0 Å². The lowest BCUT2D eigenvalue weighted by atomic mass is 9.67. The number of hydrogen-bond acceptors (Lipinski definition) is 12. The molecule has 13 heteroatoms. The minimum absolute atomic E-state index is 0.0417. The summed E-state index contributed by atoms with van der Waals surface area (Å²) in [7, 11) is 1.22. The predicted octanol–water partition coefficient (Wildman–Crippen LogP) is 3.02. The van der Waals surface area contributed by atoms with Crippen LogP contribution in [-0.2, 0) is 14.3 Å². The summed E-state index contributed by atoms with van der Waals surface area (Å²) in [5.74, 6) is -7.47. The zero-order chi connectivity index (χ0) is 33.2. The van der Waals surface area contributed by atoms with E-state index in [1.165, 1.54) is 44.4 Å². The largest absolute Gasteiger partial charge is 0.508 e. The number of methoxy groups -OCH3 is 1. The topological polar surface area (TPSA) is 220 Å². The van der Waals surface area contributed by atoms with E-state index in [4.69, 9.17) is 4.74 Å². The van der Waals surface area contributed by atoms with Gasteiger partial charge < -0.3 is 35.7 Å². The van der Waals surface area contributed by atoms with Crippen LogP contribution in [0.4, 0.5) is 0 Å². The van der Waals surface area contributed by atoms with Crippen LogP contribution in [0.5, 0.6) is 17.2 Å². The third kappa shape index (κ3) is 4.20. The molecule has 2 aromatic carbocycles. The van der Waals surface area contributed by atoms with Gasteiger partial charge >= 0.3 is 0 Å². The third-order valence-corrected chi connectivity index (χ3v) is 8.24. The maximum absolute atomic E-state index is 14.1. The average Bonchev–Trinajstić information content (AvgIpc) is 3.02. The zero-order valence-corrected chi connectivity index (χ0v) is 24.1. The van der Waals surface area contributed by atoms with Crippen molar-refractivity contribution in [2.75, 3.05) is 7.11 Å². The Bertz CT molecular complexity index is 2070. The molecule has 0 aromatic heterocycles. The summed E-state index contributed by atoms with van der Waals surface area (Å²) in [5.41, 5.74) is 2.11. The lowest BCUT2D eigenvalue weighted by Gasteiger charge is -2.34. The van der Waals surface area contributed by atoms with Gasteiger partial charge in [0.05, 0.1) is 29.4 Å². The van der Waals surface area contributed by atoms with Crippen LogP contribution in [0.2, 0.25) is 0 Å². The summed E-state index contributed by atoms with van der Waals surface area (Å²) in [6.45, 7) is 1.35.